The number of hydrogen-bond donors (Lipinski definition) is 3. The van der Waals surface area contributed by atoms with Gasteiger partial charge in [-0.1, -0.05) is 15.9 Å². The van der Waals surface area contributed by atoms with Crippen LogP contribution in [0.1, 0.15) is 18.4 Å². The van der Waals surface area contributed by atoms with Crippen molar-refractivity contribution in [1.82, 2.24) is 20.2 Å². The lowest BCUT2D eigenvalue weighted by Gasteiger charge is -2.26. The highest BCUT2D eigenvalue weighted by molar-refractivity contribution is 9.11. The number of thiophene rings is 1. The fourth-order valence-electron chi connectivity index (χ4n) is 3.79. The van der Waals surface area contributed by atoms with E-state index in [1.165, 1.54) is 11.3 Å². The largest absolute Gasteiger partial charge is 0.492 e. The zero-order valence-electron chi connectivity index (χ0n) is 18.9. The standard InChI is InChI=1S/C23H29Br2N5O3S/c24-17-13-16(20(18(25)14-17)33-9-2-6-30-7-10-32-11-8-30)15-26-4-1-5-27-23-28-19-3-12-34-21(19)22(31)29-23/h3,12-14,26H,1-2,4-11,15H2,(H2,27,28,29,31). The summed E-state index contributed by atoms with van der Waals surface area (Å²) in [6.45, 7) is 7.57. The number of aromatic nitrogens is 2. The Morgan fingerprint density at radius 2 is 2.06 bits per heavy atom. The lowest BCUT2D eigenvalue weighted by Crippen LogP contribution is -2.37. The van der Waals surface area contributed by atoms with E-state index in [0.29, 0.717) is 30.3 Å². The summed E-state index contributed by atoms with van der Waals surface area (Å²) >= 11 is 8.64. The van der Waals surface area contributed by atoms with Gasteiger partial charge in [-0.3, -0.25) is 14.7 Å². The van der Waals surface area contributed by atoms with E-state index >= 15 is 0 Å². The van der Waals surface area contributed by atoms with Gasteiger partial charge in [0.15, 0.2) is 0 Å². The van der Waals surface area contributed by atoms with E-state index < -0.39 is 0 Å². The molecule has 0 amide bonds. The third kappa shape index (κ3) is 7.25. The van der Waals surface area contributed by atoms with Crippen LogP contribution in [-0.2, 0) is 11.3 Å². The van der Waals surface area contributed by atoms with Crippen molar-refractivity contribution < 1.29 is 9.47 Å². The Hall–Kier alpha value is -1.50. The number of H-pyrrole nitrogens is 1. The molecule has 0 atom stereocenters. The van der Waals surface area contributed by atoms with Gasteiger partial charge in [-0.25, -0.2) is 4.98 Å². The summed E-state index contributed by atoms with van der Waals surface area (Å²) in [6, 6.07) is 5.97. The second-order valence-corrected chi connectivity index (χ2v) is 10.7. The van der Waals surface area contributed by atoms with Crippen LogP contribution in [0.2, 0.25) is 0 Å². The van der Waals surface area contributed by atoms with E-state index in [2.05, 4.69) is 63.4 Å². The Labute approximate surface area is 219 Å². The van der Waals surface area contributed by atoms with E-state index in [9.17, 15) is 4.79 Å². The van der Waals surface area contributed by atoms with Gasteiger partial charge in [0, 0.05) is 42.8 Å². The summed E-state index contributed by atoms with van der Waals surface area (Å²) in [5, 5.41) is 8.57. The van der Waals surface area contributed by atoms with Crippen LogP contribution in [0.5, 0.6) is 5.75 Å². The highest BCUT2D eigenvalue weighted by Crippen LogP contribution is 2.33. The SMILES string of the molecule is O=c1[nH]c(NCCCNCc2cc(Br)cc(Br)c2OCCCN2CCOCC2)nc2ccsc12. The minimum atomic E-state index is -0.0988. The average Bonchev–Trinajstić information content (AvgIpc) is 3.30. The zero-order chi connectivity index (χ0) is 23.8. The molecule has 0 spiro atoms. The Morgan fingerprint density at radius 1 is 1.21 bits per heavy atom. The molecule has 1 aromatic carbocycles. The smallest absolute Gasteiger partial charge is 0.270 e. The van der Waals surface area contributed by atoms with Crippen LogP contribution in [0.3, 0.4) is 0 Å². The number of anilines is 1. The Kier molecular flexibility index (Phi) is 9.77. The van der Waals surface area contributed by atoms with Crippen molar-refractivity contribution in [3.05, 3.63) is 48.4 Å². The molecule has 0 saturated carbocycles. The first-order valence-corrected chi connectivity index (χ1v) is 13.9. The van der Waals surface area contributed by atoms with Gasteiger partial charge in [0.2, 0.25) is 5.95 Å². The van der Waals surface area contributed by atoms with Gasteiger partial charge in [-0.15, -0.1) is 11.3 Å². The number of fused-ring (bicyclic) bond motifs is 1. The van der Waals surface area contributed by atoms with Crippen LogP contribution in [0, 0.1) is 0 Å². The molecule has 1 fully saturated rings. The first-order valence-electron chi connectivity index (χ1n) is 11.4. The molecule has 3 N–H and O–H groups in total. The summed E-state index contributed by atoms with van der Waals surface area (Å²) in [5.41, 5.74) is 1.74. The maximum atomic E-state index is 12.1. The predicted octanol–water partition coefficient (Wildman–Crippen LogP) is 4.20. The normalized spacial score (nSPS) is 14.5. The molecule has 1 aliphatic heterocycles. The van der Waals surface area contributed by atoms with Crippen molar-refractivity contribution in [3.8, 4) is 5.75 Å². The van der Waals surface area contributed by atoms with E-state index in [4.69, 9.17) is 9.47 Å². The number of aromatic amines is 1. The fraction of sp³-hybridized carbons (Fsp3) is 0.478. The molecule has 8 nitrogen and oxygen atoms in total. The predicted molar refractivity (Wildman–Crippen MR) is 144 cm³/mol. The first-order chi connectivity index (χ1) is 16.6. The van der Waals surface area contributed by atoms with E-state index in [0.717, 1.165) is 78.0 Å². The Bertz CT molecular complexity index is 1130. The van der Waals surface area contributed by atoms with E-state index in [1.807, 2.05) is 17.5 Å². The number of benzene rings is 1. The molecule has 0 bridgehead atoms. The van der Waals surface area contributed by atoms with Gasteiger partial charge in [0.05, 0.1) is 29.8 Å². The van der Waals surface area contributed by atoms with Crippen molar-refractivity contribution in [2.24, 2.45) is 0 Å². The molecule has 0 aliphatic carbocycles. The topological polar surface area (TPSA) is 91.5 Å². The molecule has 4 rings (SSSR count). The highest BCUT2D eigenvalue weighted by atomic mass is 79.9. The lowest BCUT2D eigenvalue weighted by atomic mass is 10.2. The van der Waals surface area contributed by atoms with Crippen LogP contribution < -0.4 is 20.9 Å². The summed E-state index contributed by atoms with van der Waals surface area (Å²) in [5.74, 6) is 1.40. The van der Waals surface area contributed by atoms with Crippen molar-refractivity contribution in [1.29, 1.82) is 0 Å². The summed E-state index contributed by atoms with van der Waals surface area (Å²) in [7, 11) is 0. The number of hydrogen-bond acceptors (Lipinski definition) is 8. The van der Waals surface area contributed by atoms with Gasteiger partial charge in [0.1, 0.15) is 10.4 Å². The van der Waals surface area contributed by atoms with Crippen LogP contribution >= 0.6 is 43.2 Å². The molecule has 0 unspecified atom stereocenters. The number of halogens is 2. The minimum absolute atomic E-state index is 0.0988. The van der Waals surface area contributed by atoms with Crippen LogP contribution in [0.4, 0.5) is 5.95 Å². The number of nitrogens with zero attached hydrogens (tertiary/aromatic N) is 2. The molecule has 34 heavy (non-hydrogen) atoms. The van der Waals surface area contributed by atoms with Crippen LogP contribution in [0.25, 0.3) is 10.2 Å². The maximum Gasteiger partial charge on any atom is 0.270 e. The molecule has 184 valence electrons. The molecule has 1 aliphatic rings. The molecular formula is C23H29Br2N5O3S. The molecule has 2 aromatic heterocycles. The van der Waals surface area contributed by atoms with Gasteiger partial charge in [0.25, 0.3) is 5.56 Å². The minimum Gasteiger partial charge on any atom is -0.492 e. The fourth-order valence-corrected chi connectivity index (χ4v) is 5.95. The number of ether oxygens (including phenoxy) is 2. The van der Waals surface area contributed by atoms with Gasteiger partial charge in [-0.05, 0) is 58.9 Å². The third-order valence-electron chi connectivity index (χ3n) is 5.51. The van der Waals surface area contributed by atoms with Gasteiger partial charge >= 0.3 is 0 Å². The quantitative estimate of drug-likeness (QED) is 0.263. The first kappa shape index (κ1) is 25.6. The monoisotopic (exact) mass is 613 g/mol. The summed E-state index contributed by atoms with van der Waals surface area (Å²) in [6.07, 6.45) is 1.87. The maximum absolute atomic E-state index is 12.1. The molecular weight excluding hydrogens is 586 g/mol. The Morgan fingerprint density at radius 3 is 2.91 bits per heavy atom. The number of nitrogens with one attached hydrogen (secondary N) is 3. The number of morpholine rings is 1. The van der Waals surface area contributed by atoms with Gasteiger partial charge in [-0.2, -0.15) is 0 Å². The van der Waals surface area contributed by atoms with Crippen molar-refractivity contribution >= 4 is 59.4 Å². The molecule has 11 heteroatoms. The molecule has 0 radical (unpaired) electrons. The van der Waals surface area contributed by atoms with Crippen LogP contribution in [-0.4, -0.2) is 67.4 Å². The second-order valence-electron chi connectivity index (χ2n) is 8.04. The lowest BCUT2D eigenvalue weighted by molar-refractivity contribution is 0.0357. The van der Waals surface area contributed by atoms with Crippen LogP contribution in [0.15, 0.2) is 37.3 Å². The van der Waals surface area contributed by atoms with E-state index in [-0.39, 0.29) is 5.56 Å². The molecule has 3 aromatic rings. The summed E-state index contributed by atoms with van der Waals surface area (Å²) in [4.78, 5) is 21.7. The van der Waals surface area contributed by atoms with Crippen molar-refractivity contribution in [2.45, 2.75) is 19.4 Å². The molecule has 1 saturated heterocycles. The zero-order valence-corrected chi connectivity index (χ0v) is 22.9. The summed E-state index contributed by atoms with van der Waals surface area (Å²) < 4.78 is 14.2. The third-order valence-corrected chi connectivity index (χ3v) is 7.46. The van der Waals surface area contributed by atoms with Gasteiger partial charge < -0.3 is 20.1 Å². The Balaban J connectivity index is 1.20. The average molecular weight is 615 g/mol. The van der Waals surface area contributed by atoms with Crippen molar-refractivity contribution in [2.75, 3.05) is 57.9 Å². The second kappa shape index (κ2) is 13.0. The number of rotatable bonds is 12. The molecule has 3 heterocycles. The van der Waals surface area contributed by atoms with E-state index in [1.54, 1.807) is 0 Å². The van der Waals surface area contributed by atoms with Crippen molar-refractivity contribution in [3.63, 3.8) is 0 Å². The highest BCUT2D eigenvalue weighted by Gasteiger charge is 2.12.